The number of hydrogen-bond acceptors (Lipinski definition) is 3. The fourth-order valence-electron chi connectivity index (χ4n) is 4.71. The fourth-order valence-corrected chi connectivity index (χ4v) is 4.71. The zero-order valence-corrected chi connectivity index (χ0v) is 16.1. The predicted molar refractivity (Wildman–Crippen MR) is 105 cm³/mol. The first-order chi connectivity index (χ1) is 13.5. The van der Waals surface area contributed by atoms with E-state index in [1.54, 1.807) is 19.1 Å². The number of carbonyl (C=O) groups excluding carboxylic acids is 1. The topological polar surface area (TPSA) is 67.2 Å². The van der Waals surface area contributed by atoms with Gasteiger partial charge in [0.2, 0.25) is 0 Å². The molecule has 146 valence electrons. The monoisotopic (exact) mass is 381 g/mol. The van der Waals surface area contributed by atoms with Gasteiger partial charge in [0, 0.05) is 12.4 Å². The summed E-state index contributed by atoms with van der Waals surface area (Å²) in [4.78, 5) is 12.7. The molecule has 1 aliphatic rings. The van der Waals surface area contributed by atoms with Gasteiger partial charge in [0.05, 0.1) is 17.1 Å². The van der Waals surface area contributed by atoms with Crippen LogP contribution in [0.2, 0.25) is 0 Å². The lowest BCUT2D eigenvalue weighted by Gasteiger charge is -2.39. The summed E-state index contributed by atoms with van der Waals surface area (Å²) in [5, 5.41) is 14.8. The van der Waals surface area contributed by atoms with Crippen LogP contribution in [0.4, 0.5) is 4.39 Å². The molecule has 0 atom stereocenters. The van der Waals surface area contributed by atoms with E-state index in [2.05, 4.69) is 23.3 Å². The Labute approximate surface area is 163 Å². The van der Waals surface area contributed by atoms with Gasteiger partial charge in [-0.1, -0.05) is 24.3 Å². The number of halogens is 1. The summed E-state index contributed by atoms with van der Waals surface area (Å²) in [7, 11) is 1.93. The van der Waals surface area contributed by atoms with Gasteiger partial charge in [-0.3, -0.25) is 14.7 Å². The van der Waals surface area contributed by atoms with Crippen molar-refractivity contribution in [3.63, 3.8) is 0 Å². The Balaban J connectivity index is 1.66. The van der Waals surface area contributed by atoms with E-state index in [9.17, 15) is 14.4 Å². The van der Waals surface area contributed by atoms with Crippen LogP contribution in [0.15, 0.2) is 42.6 Å². The summed E-state index contributed by atoms with van der Waals surface area (Å²) < 4.78 is 16.0. The Morgan fingerprint density at radius 2 is 2.04 bits per heavy atom. The maximum atomic E-state index is 14.2. The number of aromatic nitrogens is 2. The molecule has 1 amide bonds. The third-order valence-corrected chi connectivity index (χ3v) is 6.40. The lowest BCUT2D eigenvalue weighted by molar-refractivity contribution is -0.136. The second kappa shape index (κ2) is 7.02. The summed E-state index contributed by atoms with van der Waals surface area (Å²) in [6.07, 6.45) is 4.53. The highest BCUT2D eigenvalue weighted by Gasteiger charge is 2.44. The van der Waals surface area contributed by atoms with Gasteiger partial charge in [-0.2, -0.15) is 5.10 Å². The minimum absolute atomic E-state index is 0.313. The Bertz CT molecular complexity index is 1040. The number of hydroxylamine groups is 1. The molecule has 4 rings (SSSR count). The number of hydrogen-bond donors (Lipinski definition) is 2. The molecule has 0 unspecified atom stereocenters. The van der Waals surface area contributed by atoms with E-state index in [4.69, 9.17) is 0 Å². The first kappa shape index (κ1) is 18.6. The summed E-state index contributed by atoms with van der Waals surface area (Å²) >= 11 is 0. The third-order valence-electron chi connectivity index (χ3n) is 6.40. The maximum absolute atomic E-state index is 14.2. The lowest BCUT2D eigenvalue weighted by atomic mass is 9.64. The lowest BCUT2D eigenvalue weighted by Crippen LogP contribution is -2.46. The Hall–Kier alpha value is -2.73. The third kappa shape index (κ3) is 2.88. The average molecular weight is 381 g/mol. The normalized spacial score (nSPS) is 22.4. The van der Waals surface area contributed by atoms with Crippen LogP contribution in [0.5, 0.6) is 0 Å². The molecule has 1 fully saturated rings. The van der Waals surface area contributed by atoms with Crippen molar-refractivity contribution in [2.45, 2.75) is 43.9 Å². The summed E-state index contributed by atoms with van der Waals surface area (Å²) in [5.41, 5.74) is 4.37. The average Bonchev–Trinajstić information content (AvgIpc) is 3.10. The van der Waals surface area contributed by atoms with Crippen molar-refractivity contribution in [1.82, 2.24) is 15.3 Å². The van der Waals surface area contributed by atoms with E-state index in [-0.39, 0.29) is 5.82 Å². The largest absolute Gasteiger partial charge is 0.289 e. The molecule has 0 aliphatic heterocycles. The van der Waals surface area contributed by atoms with Crippen molar-refractivity contribution >= 4 is 16.8 Å². The smallest absolute Gasteiger partial charge is 0.253 e. The Morgan fingerprint density at radius 1 is 1.29 bits per heavy atom. The van der Waals surface area contributed by atoms with E-state index in [1.165, 1.54) is 11.6 Å². The van der Waals surface area contributed by atoms with Crippen molar-refractivity contribution < 1.29 is 14.4 Å². The molecule has 2 aromatic carbocycles. The SMILES string of the molecule is Cc1c(F)cccc1C1(C(=O)NO)CCC(c2ccc3cnn(C)c3c2)CC1. The molecular weight excluding hydrogens is 357 g/mol. The molecule has 0 spiro atoms. The predicted octanol–water partition coefficient (Wildman–Crippen LogP) is 4.12. The van der Waals surface area contributed by atoms with E-state index in [1.807, 2.05) is 23.4 Å². The number of nitrogens with zero attached hydrogens (tertiary/aromatic N) is 2. The van der Waals surface area contributed by atoms with Gasteiger partial charge in [-0.05, 0) is 67.3 Å². The van der Waals surface area contributed by atoms with E-state index < -0.39 is 11.3 Å². The number of rotatable bonds is 3. The molecule has 5 nitrogen and oxygen atoms in total. The number of amides is 1. The highest BCUT2D eigenvalue weighted by Crippen LogP contribution is 2.46. The van der Waals surface area contributed by atoms with Gasteiger partial charge in [0.1, 0.15) is 5.82 Å². The molecule has 1 heterocycles. The van der Waals surface area contributed by atoms with E-state index >= 15 is 0 Å². The van der Waals surface area contributed by atoms with Crippen LogP contribution in [0, 0.1) is 12.7 Å². The zero-order valence-electron chi connectivity index (χ0n) is 16.1. The van der Waals surface area contributed by atoms with Crippen molar-refractivity contribution in [2.24, 2.45) is 7.05 Å². The van der Waals surface area contributed by atoms with Crippen molar-refractivity contribution in [2.75, 3.05) is 0 Å². The Morgan fingerprint density at radius 3 is 2.75 bits per heavy atom. The molecule has 2 N–H and O–H groups in total. The minimum atomic E-state index is -0.909. The van der Waals surface area contributed by atoms with Gasteiger partial charge in [-0.15, -0.1) is 0 Å². The summed E-state index contributed by atoms with van der Waals surface area (Å²) in [5.74, 6) is -0.471. The molecule has 1 aliphatic carbocycles. The summed E-state index contributed by atoms with van der Waals surface area (Å²) in [6.45, 7) is 1.69. The first-order valence-corrected chi connectivity index (χ1v) is 9.58. The molecule has 0 bridgehead atoms. The fraction of sp³-hybridized carbons (Fsp3) is 0.364. The van der Waals surface area contributed by atoms with Crippen LogP contribution in [0.25, 0.3) is 10.9 Å². The van der Waals surface area contributed by atoms with Crippen LogP contribution in [0.3, 0.4) is 0 Å². The van der Waals surface area contributed by atoms with Crippen LogP contribution in [0.1, 0.15) is 48.3 Å². The van der Waals surface area contributed by atoms with Crippen LogP contribution in [-0.2, 0) is 17.3 Å². The zero-order chi connectivity index (χ0) is 19.9. The molecule has 1 saturated carbocycles. The molecule has 3 aromatic rings. The van der Waals surface area contributed by atoms with Gasteiger partial charge in [0.15, 0.2) is 0 Å². The molecule has 28 heavy (non-hydrogen) atoms. The highest BCUT2D eigenvalue weighted by molar-refractivity contribution is 5.88. The number of aryl methyl sites for hydroxylation is 1. The Kier molecular flexibility index (Phi) is 4.67. The van der Waals surface area contributed by atoms with Crippen LogP contribution >= 0.6 is 0 Å². The second-order valence-corrected chi connectivity index (χ2v) is 7.80. The van der Waals surface area contributed by atoms with Gasteiger partial charge in [-0.25, -0.2) is 9.87 Å². The van der Waals surface area contributed by atoms with Gasteiger partial charge >= 0.3 is 0 Å². The summed E-state index contributed by atoms with van der Waals surface area (Å²) in [6, 6.07) is 11.2. The van der Waals surface area contributed by atoms with E-state index in [0.717, 1.165) is 23.7 Å². The molecule has 0 saturated heterocycles. The van der Waals surface area contributed by atoms with Crippen molar-refractivity contribution in [1.29, 1.82) is 0 Å². The van der Waals surface area contributed by atoms with Crippen molar-refractivity contribution in [3.05, 3.63) is 65.1 Å². The van der Waals surface area contributed by atoms with Crippen LogP contribution < -0.4 is 5.48 Å². The number of carbonyl (C=O) groups is 1. The highest BCUT2D eigenvalue weighted by atomic mass is 19.1. The first-order valence-electron chi connectivity index (χ1n) is 9.58. The number of benzene rings is 2. The van der Waals surface area contributed by atoms with Gasteiger partial charge in [0.25, 0.3) is 5.91 Å². The molecule has 1 aromatic heterocycles. The van der Waals surface area contributed by atoms with Gasteiger partial charge < -0.3 is 0 Å². The number of nitrogens with one attached hydrogen (secondary N) is 1. The molecular formula is C22H24FN3O2. The van der Waals surface area contributed by atoms with Crippen LogP contribution in [-0.4, -0.2) is 20.9 Å². The standard InChI is InChI=1S/C22H24FN3O2/c1-14-18(4-3-5-19(14)23)22(21(27)25-28)10-8-15(9-11-22)16-6-7-17-13-24-26(2)20(17)12-16/h3-7,12-13,15,28H,8-11H2,1-2H3,(H,25,27). The molecule has 0 radical (unpaired) electrons. The number of fused-ring (bicyclic) bond motifs is 1. The molecule has 6 heteroatoms. The quantitative estimate of drug-likeness (QED) is 0.530. The second-order valence-electron chi connectivity index (χ2n) is 7.80. The van der Waals surface area contributed by atoms with Crippen molar-refractivity contribution in [3.8, 4) is 0 Å². The maximum Gasteiger partial charge on any atom is 0.253 e. The minimum Gasteiger partial charge on any atom is -0.289 e. The van der Waals surface area contributed by atoms with E-state index in [0.29, 0.717) is 29.9 Å².